The normalized spacial score (nSPS) is 13.1. The molecule has 0 saturated carbocycles. The van der Waals surface area contributed by atoms with Gasteiger partial charge in [-0.2, -0.15) is 5.10 Å². The third-order valence-corrected chi connectivity index (χ3v) is 2.48. The Hall–Kier alpha value is -0.830. The van der Waals surface area contributed by atoms with E-state index in [-0.39, 0.29) is 0 Å². The van der Waals surface area contributed by atoms with Gasteiger partial charge in [0, 0.05) is 31.4 Å². The van der Waals surface area contributed by atoms with Crippen molar-refractivity contribution in [1.82, 2.24) is 15.1 Å². The third-order valence-electron chi connectivity index (χ3n) is 2.48. The molecule has 0 spiro atoms. The third kappa shape index (κ3) is 3.50. The zero-order valence-corrected chi connectivity index (χ0v) is 9.45. The van der Waals surface area contributed by atoms with E-state index >= 15 is 0 Å². The van der Waals surface area contributed by atoms with Crippen LogP contribution in [0.2, 0.25) is 0 Å². The van der Waals surface area contributed by atoms with Gasteiger partial charge in [-0.1, -0.05) is 20.3 Å². The van der Waals surface area contributed by atoms with Crippen molar-refractivity contribution in [3.05, 3.63) is 18.0 Å². The van der Waals surface area contributed by atoms with E-state index in [1.165, 1.54) is 24.8 Å². The van der Waals surface area contributed by atoms with Crippen LogP contribution < -0.4 is 5.32 Å². The molecule has 1 unspecified atom stereocenters. The number of hydrogen-bond acceptors (Lipinski definition) is 2. The first-order chi connectivity index (χ1) is 6.76. The largest absolute Gasteiger partial charge is 0.310 e. The minimum Gasteiger partial charge on any atom is -0.310 e. The Labute approximate surface area is 86.5 Å². The molecule has 1 aromatic rings. The van der Waals surface area contributed by atoms with E-state index in [9.17, 15) is 0 Å². The van der Waals surface area contributed by atoms with Gasteiger partial charge >= 0.3 is 0 Å². The second-order valence-corrected chi connectivity index (χ2v) is 3.80. The molecule has 14 heavy (non-hydrogen) atoms. The standard InChI is InChI=1S/C11H21N3/c1-4-6-11(5-2)12-7-10-8-13-14(3)9-10/h8-9,11-12H,4-7H2,1-3H3. The predicted octanol–water partition coefficient (Wildman–Crippen LogP) is 2.09. The Kier molecular flexibility index (Phi) is 4.66. The zero-order valence-electron chi connectivity index (χ0n) is 9.45. The van der Waals surface area contributed by atoms with E-state index in [1.54, 1.807) is 0 Å². The average molecular weight is 195 g/mol. The van der Waals surface area contributed by atoms with Gasteiger partial charge in [0.25, 0.3) is 0 Å². The minimum absolute atomic E-state index is 0.653. The van der Waals surface area contributed by atoms with Crippen LogP contribution in [0.15, 0.2) is 12.4 Å². The number of aryl methyl sites for hydroxylation is 1. The van der Waals surface area contributed by atoms with Crippen LogP contribution in [0, 0.1) is 0 Å². The van der Waals surface area contributed by atoms with Crippen molar-refractivity contribution in [3.8, 4) is 0 Å². The van der Waals surface area contributed by atoms with Crippen LogP contribution in [0.3, 0.4) is 0 Å². The first-order valence-electron chi connectivity index (χ1n) is 5.47. The van der Waals surface area contributed by atoms with Crippen LogP contribution in [-0.2, 0) is 13.6 Å². The maximum atomic E-state index is 4.14. The lowest BCUT2D eigenvalue weighted by Crippen LogP contribution is -2.27. The molecule has 0 aromatic carbocycles. The zero-order chi connectivity index (χ0) is 10.4. The van der Waals surface area contributed by atoms with Crippen LogP contribution in [-0.4, -0.2) is 15.8 Å². The Balaban J connectivity index is 2.31. The van der Waals surface area contributed by atoms with E-state index in [4.69, 9.17) is 0 Å². The topological polar surface area (TPSA) is 29.9 Å². The number of hydrogen-bond donors (Lipinski definition) is 1. The summed E-state index contributed by atoms with van der Waals surface area (Å²) in [6.45, 7) is 5.40. The molecule has 1 aromatic heterocycles. The molecule has 0 saturated heterocycles. The Morgan fingerprint density at radius 1 is 1.50 bits per heavy atom. The summed E-state index contributed by atoms with van der Waals surface area (Å²) < 4.78 is 1.85. The lowest BCUT2D eigenvalue weighted by Gasteiger charge is -2.14. The number of aromatic nitrogens is 2. The molecule has 0 aliphatic heterocycles. The lowest BCUT2D eigenvalue weighted by atomic mass is 10.1. The molecular weight excluding hydrogens is 174 g/mol. The fourth-order valence-electron chi connectivity index (χ4n) is 1.62. The highest BCUT2D eigenvalue weighted by Gasteiger charge is 2.04. The van der Waals surface area contributed by atoms with Gasteiger partial charge in [-0.25, -0.2) is 0 Å². The highest BCUT2D eigenvalue weighted by molar-refractivity contribution is 5.03. The van der Waals surface area contributed by atoms with Crippen molar-refractivity contribution in [3.63, 3.8) is 0 Å². The van der Waals surface area contributed by atoms with Crippen molar-refractivity contribution in [2.45, 2.75) is 45.7 Å². The van der Waals surface area contributed by atoms with Gasteiger partial charge in [-0.3, -0.25) is 4.68 Å². The van der Waals surface area contributed by atoms with Gasteiger partial charge in [0.05, 0.1) is 6.20 Å². The van der Waals surface area contributed by atoms with Crippen molar-refractivity contribution in [2.24, 2.45) is 7.05 Å². The predicted molar refractivity (Wildman–Crippen MR) is 59.0 cm³/mol. The van der Waals surface area contributed by atoms with E-state index in [0.29, 0.717) is 6.04 Å². The highest BCUT2D eigenvalue weighted by atomic mass is 15.2. The maximum absolute atomic E-state index is 4.14. The van der Waals surface area contributed by atoms with E-state index in [2.05, 4.69) is 30.5 Å². The van der Waals surface area contributed by atoms with Gasteiger partial charge in [0.15, 0.2) is 0 Å². The molecule has 1 atom stereocenters. The van der Waals surface area contributed by atoms with Crippen LogP contribution in [0.4, 0.5) is 0 Å². The van der Waals surface area contributed by atoms with E-state index in [0.717, 1.165) is 6.54 Å². The lowest BCUT2D eigenvalue weighted by molar-refractivity contribution is 0.462. The van der Waals surface area contributed by atoms with Gasteiger partial charge < -0.3 is 5.32 Å². The van der Waals surface area contributed by atoms with Crippen molar-refractivity contribution < 1.29 is 0 Å². The summed E-state index contributed by atoms with van der Waals surface area (Å²) in [7, 11) is 1.95. The van der Waals surface area contributed by atoms with Crippen LogP contribution in [0.1, 0.15) is 38.7 Å². The summed E-state index contributed by atoms with van der Waals surface area (Å²) >= 11 is 0. The molecule has 0 aliphatic rings. The smallest absolute Gasteiger partial charge is 0.0534 e. The molecular formula is C11H21N3. The number of nitrogens with one attached hydrogen (secondary N) is 1. The molecule has 1 N–H and O–H groups in total. The summed E-state index contributed by atoms with van der Waals surface area (Å²) in [5.74, 6) is 0. The monoisotopic (exact) mass is 195 g/mol. The van der Waals surface area contributed by atoms with Crippen LogP contribution in [0.5, 0.6) is 0 Å². The van der Waals surface area contributed by atoms with E-state index in [1.807, 2.05) is 17.9 Å². The molecule has 1 heterocycles. The van der Waals surface area contributed by atoms with Crippen LogP contribution >= 0.6 is 0 Å². The Bertz CT molecular complexity index is 255. The minimum atomic E-state index is 0.653. The van der Waals surface area contributed by atoms with Crippen LogP contribution in [0.25, 0.3) is 0 Å². The molecule has 1 rings (SSSR count). The second-order valence-electron chi connectivity index (χ2n) is 3.80. The van der Waals surface area contributed by atoms with Gasteiger partial charge in [-0.05, 0) is 12.8 Å². The Morgan fingerprint density at radius 3 is 2.79 bits per heavy atom. The van der Waals surface area contributed by atoms with Gasteiger partial charge in [0.2, 0.25) is 0 Å². The number of nitrogens with zero attached hydrogens (tertiary/aromatic N) is 2. The molecule has 0 aliphatic carbocycles. The van der Waals surface area contributed by atoms with Crippen molar-refractivity contribution in [1.29, 1.82) is 0 Å². The first-order valence-corrected chi connectivity index (χ1v) is 5.47. The fraction of sp³-hybridized carbons (Fsp3) is 0.727. The number of rotatable bonds is 6. The highest BCUT2D eigenvalue weighted by Crippen LogP contribution is 2.03. The molecule has 80 valence electrons. The molecule has 3 nitrogen and oxygen atoms in total. The molecule has 0 bridgehead atoms. The fourth-order valence-corrected chi connectivity index (χ4v) is 1.62. The summed E-state index contributed by atoms with van der Waals surface area (Å²) in [6.07, 6.45) is 7.70. The summed E-state index contributed by atoms with van der Waals surface area (Å²) in [5, 5.41) is 7.69. The van der Waals surface area contributed by atoms with Gasteiger partial charge in [0.1, 0.15) is 0 Å². The maximum Gasteiger partial charge on any atom is 0.0534 e. The van der Waals surface area contributed by atoms with Gasteiger partial charge in [-0.15, -0.1) is 0 Å². The molecule has 0 fully saturated rings. The summed E-state index contributed by atoms with van der Waals surface area (Å²) in [5.41, 5.74) is 1.27. The first kappa shape index (κ1) is 11.2. The Morgan fingerprint density at radius 2 is 2.29 bits per heavy atom. The SMILES string of the molecule is CCCC(CC)NCc1cnn(C)c1. The molecule has 3 heteroatoms. The summed E-state index contributed by atoms with van der Waals surface area (Å²) in [4.78, 5) is 0. The summed E-state index contributed by atoms with van der Waals surface area (Å²) in [6, 6.07) is 0.653. The second kappa shape index (κ2) is 5.81. The quantitative estimate of drug-likeness (QED) is 0.753. The molecule has 0 amide bonds. The molecule has 0 radical (unpaired) electrons. The van der Waals surface area contributed by atoms with Crippen molar-refractivity contribution >= 4 is 0 Å². The van der Waals surface area contributed by atoms with E-state index < -0.39 is 0 Å². The average Bonchev–Trinajstić information content (AvgIpc) is 2.59. The van der Waals surface area contributed by atoms with Crippen molar-refractivity contribution in [2.75, 3.05) is 0 Å².